The Bertz CT molecular complexity index is 446. The first-order valence-corrected chi connectivity index (χ1v) is 6.13. The summed E-state index contributed by atoms with van der Waals surface area (Å²) in [5, 5.41) is 3.02. The van der Waals surface area contributed by atoms with Gasteiger partial charge in [-0.25, -0.2) is 4.98 Å². The number of hydrogen-bond acceptors (Lipinski definition) is 4. The lowest BCUT2D eigenvalue weighted by Gasteiger charge is -2.35. The average Bonchev–Trinajstić information content (AvgIpc) is 2.27. The second kappa shape index (κ2) is 4.94. The van der Waals surface area contributed by atoms with Crippen LogP contribution in [0.5, 0.6) is 0 Å². The van der Waals surface area contributed by atoms with Crippen molar-refractivity contribution in [2.75, 3.05) is 12.3 Å². The fourth-order valence-electron chi connectivity index (χ4n) is 2.21. The third-order valence-corrected chi connectivity index (χ3v) is 3.08. The lowest BCUT2D eigenvalue weighted by molar-refractivity contribution is -0.0615. The smallest absolute Gasteiger partial charge is 0.251 e. The first-order valence-electron chi connectivity index (χ1n) is 6.13. The first kappa shape index (κ1) is 12.8. The number of anilines is 1. The molecule has 2 heterocycles. The fraction of sp³-hybridized carbons (Fsp3) is 0.538. The Balaban J connectivity index is 1.99. The van der Waals surface area contributed by atoms with Gasteiger partial charge >= 0.3 is 0 Å². The van der Waals surface area contributed by atoms with Gasteiger partial charge in [-0.3, -0.25) is 4.79 Å². The Kier molecular flexibility index (Phi) is 3.52. The van der Waals surface area contributed by atoms with Gasteiger partial charge in [-0.05, 0) is 38.8 Å². The van der Waals surface area contributed by atoms with E-state index in [2.05, 4.69) is 10.3 Å². The lowest BCUT2D eigenvalue weighted by Crippen LogP contribution is -2.45. The summed E-state index contributed by atoms with van der Waals surface area (Å²) in [4.78, 5) is 15.9. The van der Waals surface area contributed by atoms with Gasteiger partial charge in [0.2, 0.25) is 0 Å². The van der Waals surface area contributed by atoms with Crippen LogP contribution in [-0.2, 0) is 4.74 Å². The van der Waals surface area contributed by atoms with Crippen molar-refractivity contribution in [2.24, 2.45) is 0 Å². The molecule has 1 atom stereocenters. The number of nitrogen functional groups attached to an aromatic ring is 1. The Morgan fingerprint density at radius 3 is 3.06 bits per heavy atom. The molecule has 0 aromatic carbocycles. The lowest BCUT2D eigenvalue weighted by atomic mass is 9.94. The Morgan fingerprint density at radius 1 is 1.61 bits per heavy atom. The third kappa shape index (κ3) is 3.20. The Morgan fingerprint density at radius 2 is 2.39 bits per heavy atom. The molecule has 1 saturated heterocycles. The SMILES string of the molecule is CC1(C)CC(NC(=O)c2ccnc(N)c2)CCO1. The number of hydrogen-bond donors (Lipinski definition) is 2. The molecular formula is C13H19N3O2. The normalized spacial score (nSPS) is 22.4. The predicted octanol–water partition coefficient (Wildman–Crippen LogP) is 1.35. The van der Waals surface area contributed by atoms with Crippen molar-refractivity contribution in [1.82, 2.24) is 10.3 Å². The predicted molar refractivity (Wildman–Crippen MR) is 69.2 cm³/mol. The van der Waals surface area contributed by atoms with E-state index < -0.39 is 0 Å². The van der Waals surface area contributed by atoms with E-state index in [-0.39, 0.29) is 17.6 Å². The molecule has 0 radical (unpaired) electrons. The largest absolute Gasteiger partial charge is 0.384 e. The highest BCUT2D eigenvalue weighted by Gasteiger charge is 2.29. The maximum atomic E-state index is 12.0. The van der Waals surface area contributed by atoms with Gasteiger partial charge in [0.1, 0.15) is 5.82 Å². The molecule has 1 aromatic rings. The quantitative estimate of drug-likeness (QED) is 0.829. The first-order chi connectivity index (χ1) is 8.46. The van der Waals surface area contributed by atoms with Gasteiger partial charge in [0.05, 0.1) is 5.60 Å². The van der Waals surface area contributed by atoms with Crippen LogP contribution < -0.4 is 11.1 Å². The van der Waals surface area contributed by atoms with Crippen LogP contribution in [-0.4, -0.2) is 29.1 Å². The second-order valence-electron chi connectivity index (χ2n) is 5.24. The van der Waals surface area contributed by atoms with Gasteiger partial charge in [0, 0.05) is 24.4 Å². The van der Waals surface area contributed by atoms with E-state index in [1.807, 2.05) is 13.8 Å². The number of carbonyl (C=O) groups is 1. The van der Waals surface area contributed by atoms with Crippen LogP contribution in [0.2, 0.25) is 0 Å². The molecule has 98 valence electrons. The number of nitrogens with one attached hydrogen (secondary N) is 1. The fourth-order valence-corrected chi connectivity index (χ4v) is 2.21. The third-order valence-electron chi connectivity index (χ3n) is 3.08. The number of ether oxygens (including phenoxy) is 1. The van der Waals surface area contributed by atoms with Crippen molar-refractivity contribution in [3.8, 4) is 0 Å². The molecule has 0 aliphatic carbocycles. The molecule has 1 aliphatic heterocycles. The maximum Gasteiger partial charge on any atom is 0.251 e. The number of nitrogens with zero attached hydrogens (tertiary/aromatic N) is 1. The number of amides is 1. The molecule has 1 aliphatic rings. The van der Waals surface area contributed by atoms with Gasteiger partial charge in [0.15, 0.2) is 0 Å². The van der Waals surface area contributed by atoms with E-state index in [1.165, 1.54) is 6.20 Å². The second-order valence-corrected chi connectivity index (χ2v) is 5.24. The molecule has 18 heavy (non-hydrogen) atoms. The minimum absolute atomic E-state index is 0.105. The summed E-state index contributed by atoms with van der Waals surface area (Å²) in [5.74, 6) is 0.252. The maximum absolute atomic E-state index is 12.0. The van der Waals surface area contributed by atoms with Crippen molar-refractivity contribution in [2.45, 2.75) is 38.3 Å². The molecule has 5 nitrogen and oxygen atoms in total. The molecule has 0 spiro atoms. The van der Waals surface area contributed by atoms with Gasteiger partial charge in [0.25, 0.3) is 5.91 Å². The van der Waals surface area contributed by atoms with E-state index in [0.717, 1.165) is 12.8 Å². The number of pyridine rings is 1. The highest BCUT2D eigenvalue weighted by Crippen LogP contribution is 2.24. The number of aromatic nitrogens is 1. The molecule has 1 unspecified atom stereocenters. The van der Waals surface area contributed by atoms with Crippen molar-refractivity contribution in [1.29, 1.82) is 0 Å². The van der Waals surface area contributed by atoms with E-state index in [0.29, 0.717) is 18.0 Å². The van der Waals surface area contributed by atoms with Crippen LogP contribution in [0.4, 0.5) is 5.82 Å². The van der Waals surface area contributed by atoms with Crippen molar-refractivity contribution < 1.29 is 9.53 Å². The molecular weight excluding hydrogens is 230 g/mol. The molecule has 1 fully saturated rings. The van der Waals surface area contributed by atoms with Gasteiger partial charge in [-0.2, -0.15) is 0 Å². The van der Waals surface area contributed by atoms with Crippen LogP contribution >= 0.6 is 0 Å². The number of carbonyl (C=O) groups excluding carboxylic acids is 1. The Labute approximate surface area is 107 Å². The topological polar surface area (TPSA) is 77.2 Å². The van der Waals surface area contributed by atoms with E-state index in [4.69, 9.17) is 10.5 Å². The molecule has 5 heteroatoms. The van der Waals surface area contributed by atoms with Crippen molar-refractivity contribution in [3.05, 3.63) is 23.9 Å². The standard InChI is InChI=1S/C13H19N3O2/c1-13(2)8-10(4-6-18-13)16-12(17)9-3-5-15-11(14)7-9/h3,5,7,10H,4,6,8H2,1-2H3,(H2,14,15)(H,16,17). The molecule has 0 saturated carbocycles. The van der Waals surface area contributed by atoms with Crippen LogP contribution in [0, 0.1) is 0 Å². The monoisotopic (exact) mass is 249 g/mol. The zero-order valence-corrected chi connectivity index (χ0v) is 10.8. The minimum Gasteiger partial charge on any atom is -0.384 e. The number of nitrogens with two attached hydrogens (primary N) is 1. The van der Waals surface area contributed by atoms with Gasteiger partial charge in [-0.1, -0.05) is 0 Å². The van der Waals surface area contributed by atoms with Crippen LogP contribution in [0.3, 0.4) is 0 Å². The summed E-state index contributed by atoms with van der Waals surface area (Å²) in [5.41, 5.74) is 5.94. The van der Waals surface area contributed by atoms with Crippen molar-refractivity contribution >= 4 is 11.7 Å². The summed E-state index contributed by atoms with van der Waals surface area (Å²) in [6, 6.07) is 3.39. The van der Waals surface area contributed by atoms with E-state index in [1.54, 1.807) is 12.1 Å². The molecule has 1 amide bonds. The van der Waals surface area contributed by atoms with Crippen LogP contribution in [0.15, 0.2) is 18.3 Å². The zero-order chi connectivity index (χ0) is 13.2. The molecule has 1 aromatic heterocycles. The molecule has 2 rings (SSSR count). The summed E-state index contributed by atoms with van der Waals surface area (Å²) >= 11 is 0. The van der Waals surface area contributed by atoms with Gasteiger partial charge in [-0.15, -0.1) is 0 Å². The highest BCUT2D eigenvalue weighted by molar-refractivity contribution is 5.94. The minimum atomic E-state index is -0.173. The highest BCUT2D eigenvalue weighted by atomic mass is 16.5. The molecule has 3 N–H and O–H groups in total. The van der Waals surface area contributed by atoms with Crippen LogP contribution in [0.1, 0.15) is 37.0 Å². The number of rotatable bonds is 2. The summed E-state index contributed by atoms with van der Waals surface area (Å²) in [7, 11) is 0. The van der Waals surface area contributed by atoms with E-state index >= 15 is 0 Å². The van der Waals surface area contributed by atoms with E-state index in [9.17, 15) is 4.79 Å². The molecule has 0 bridgehead atoms. The van der Waals surface area contributed by atoms with Crippen molar-refractivity contribution in [3.63, 3.8) is 0 Å². The zero-order valence-electron chi connectivity index (χ0n) is 10.8. The summed E-state index contributed by atoms with van der Waals surface area (Å²) in [6.07, 6.45) is 3.20. The summed E-state index contributed by atoms with van der Waals surface area (Å²) < 4.78 is 5.62. The Hall–Kier alpha value is -1.62. The average molecular weight is 249 g/mol. The van der Waals surface area contributed by atoms with Gasteiger partial charge < -0.3 is 15.8 Å². The van der Waals surface area contributed by atoms with Crippen LogP contribution in [0.25, 0.3) is 0 Å². The summed E-state index contributed by atoms with van der Waals surface area (Å²) in [6.45, 7) is 4.75.